The van der Waals surface area contributed by atoms with Crippen LogP contribution in [0.15, 0.2) is 34.5 Å². The first kappa shape index (κ1) is 15.1. The number of amides is 1. The first-order valence-corrected chi connectivity index (χ1v) is 9.17. The van der Waals surface area contributed by atoms with Crippen LogP contribution in [-0.2, 0) is 21.2 Å². The van der Waals surface area contributed by atoms with Crippen molar-refractivity contribution in [1.82, 2.24) is 0 Å². The number of nitrogens with one attached hydrogen (secondary N) is 1. The third-order valence-corrected chi connectivity index (χ3v) is 6.46. The van der Waals surface area contributed by atoms with E-state index in [1.165, 1.54) is 18.3 Å². The quantitative estimate of drug-likeness (QED) is 0.937. The topological polar surface area (TPSA) is 66.5 Å². The Morgan fingerprint density at radius 2 is 2.05 bits per heavy atom. The minimum atomic E-state index is -3.55. The van der Waals surface area contributed by atoms with E-state index < -0.39 is 10.0 Å². The van der Waals surface area contributed by atoms with Gasteiger partial charge in [0.25, 0.3) is 10.0 Å². The molecule has 2 aromatic rings. The maximum absolute atomic E-state index is 12.3. The van der Waals surface area contributed by atoms with Gasteiger partial charge in [-0.1, -0.05) is 0 Å². The van der Waals surface area contributed by atoms with Gasteiger partial charge in [-0.25, -0.2) is 8.42 Å². The molecule has 5 nitrogen and oxygen atoms in total. The summed E-state index contributed by atoms with van der Waals surface area (Å²) in [6.07, 6.45) is 0.739. The molecule has 1 aliphatic heterocycles. The summed E-state index contributed by atoms with van der Waals surface area (Å²) in [5.41, 5.74) is 2.37. The van der Waals surface area contributed by atoms with Crippen LogP contribution in [0.2, 0.25) is 0 Å². The predicted molar refractivity (Wildman–Crippen MR) is 88.0 cm³/mol. The van der Waals surface area contributed by atoms with E-state index in [1.54, 1.807) is 35.2 Å². The standard InChI is InChI=1S/C15H16N2O3S2/c1-10-3-6-15(21-10)22(19,20)16-13-4-5-14-12(9-13)7-8-17(14)11(2)18/h3-6,9,16H,7-8H2,1-2H3. The first-order valence-electron chi connectivity index (χ1n) is 6.87. The van der Waals surface area contributed by atoms with E-state index in [2.05, 4.69) is 4.72 Å². The van der Waals surface area contributed by atoms with Crippen molar-refractivity contribution in [2.45, 2.75) is 24.5 Å². The molecule has 2 heterocycles. The van der Waals surface area contributed by atoms with Crippen LogP contribution in [0.3, 0.4) is 0 Å². The number of benzene rings is 1. The van der Waals surface area contributed by atoms with Crippen LogP contribution in [0.5, 0.6) is 0 Å². The van der Waals surface area contributed by atoms with Gasteiger partial charge in [0.05, 0.1) is 0 Å². The van der Waals surface area contributed by atoms with Gasteiger partial charge in [0.15, 0.2) is 0 Å². The Morgan fingerprint density at radius 1 is 1.27 bits per heavy atom. The molecule has 3 rings (SSSR count). The van der Waals surface area contributed by atoms with Crippen LogP contribution in [0.4, 0.5) is 11.4 Å². The minimum Gasteiger partial charge on any atom is -0.312 e. The van der Waals surface area contributed by atoms with Gasteiger partial charge in [-0.3, -0.25) is 9.52 Å². The molecule has 7 heteroatoms. The van der Waals surface area contributed by atoms with Crippen molar-refractivity contribution >= 4 is 38.6 Å². The highest BCUT2D eigenvalue weighted by Crippen LogP contribution is 2.31. The van der Waals surface area contributed by atoms with Gasteiger partial charge in [0.2, 0.25) is 5.91 Å². The fraction of sp³-hybridized carbons (Fsp3) is 0.267. The molecule has 0 fully saturated rings. The molecular weight excluding hydrogens is 320 g/mol. The lowest BCUT2D eigenvalue weighted by Gasteiger charge is -2.15. The number of anilines is 2. The minimum absolute atomic E-state index is 0.00106. The van der Waals surface area contributed by atoms with Crippen LogP contribution in [0.1, 0.15) is 17.4 Å². The summed E-state index contributed by atoms with van der Waals surface area (Å²) < 4.78 is 27.5. The van der Waals surface area contributed by atoms with E-state index in [-0.39, 0.29) is 5.91 Å². The van der Waals surface area contributed by atoms with E-state index in [0.29, 0.717) is 16.4 Å². The molecular formula is C15H16N2O3S2. The van der Waals surface area contributed by atoms with Gasteiger partial charge < -0.3 is 4.90 Å². The zero-order valence-electron chi connectivity index (χ0n) is 12.3. The first-order chi connectivity index (χ1) is 10.4. The Bertz CT molecular complexity index is 840. The fourth-order valence-corrected chi connectivity index (χ4v) is 4.89. The highest BCUT2D eigenvalue weighted by atomic mass is 32.2. The third-order valence-electron chi connectivity index (χ3n) is 3.59. The molecule has 116 valence electrons. The average molecular weight is 336 g/mol. The highest BCUT2D eigenvalue weighted by molar-refractivity contribution is 7.94. The zero-order valence-corrected chi connectivity index (χ0v) is 13.9. The number of carbonyl (C=O) groups is 1. The molecule has 0 atom stereocenters. The Kier molecular flexibility index (Phi) is 3.70. The largest absolute Gasteiger partial charge is 0.312 e. The smallest absolute Gasteiger partial charge is 0.271 e. The number of thiophene rings is 1. The molecule has 0 saturated carbocycles. The van der Waals surface area contributed by atoms with Crippen LogP contribution < -0.4 is 9.62 Å². The molecule has 0 unspecified atom stereocenters. The second-order valence-corrected chi connectivity index (χ2v) is 8.43. The molecule has 0 saturated heterocycles. The number of nitrogens with zero attached hydrogens (tertiary/aromatic N) is 1. The maximum atomic E-state index is 12.3. The van der Waals surface area contributed by atoms with Gasteiger partial charge in [-0.15, -0.1) is 11.3 Å². The van der Waals surface area contributed by atoms with Crippen molar-refractivity contribution in [3.05, 3.63) is 40.8 Å². The summed E-state index contributed by atoms with van der Waals surface area (Å²) in [4.78, 5) is 14.2. The Morgan fingerprint density at radius 3 is 2.68 bits per heavy atom. The second kappa shape index (κ2) is 5.40. The van der Waals surface area contributed by atoms with Crippen LogP contribution >= 0.6 is 11.3 Å². The predicted octanol–water partition coefficient (Wildman–Crippen LogP) is 2.77. The number of hydrogen-bond acceptors (Lipinski definition) is 4. The molecule has 1 aromatic heterocycles. The Hall–Kier alpha value is -1.86. The number of fused-ring (bicyclic) bond motifs is 1. The molecule has 1 N–H and O–H groups in total. The number of sulfonamides is 1. The van der Waals surface area contributed by atoms with Crippen molar-refractivity contribution in [3.63, 3.8) is 0 Å². The van der Waals surface area contributed by atoms with E-state index in [0.717, 1.165) is 22.5 Å². The molecule has 1 aromatic carbocycles. The highest BCUT2D eigenvalue weighted by Gasteiger charge is 2.23. The lowest BCUT2D eigenvalue weighted by Crippen LogP contribution is -2.25. The van der Waals surface area contributed by atoms with E-state index >= 15 is 0 Å². The summed E-state index contributed by atoms with van der Waals surface area (Å²) in [5, 5.41) is 0. The monoisotopic (exact) mass is 336 g/mol. The van der Waals surface area contributed by atoms with Gasteiger partial charge in [0.1, 0.15) is 4.21 Å². The molecule has 1 aliphatic rings. The van der Waals surface area contributed by atoms with Crippen LogP contribution in [0, 0.1) is 6.92 Å². The average Bonchev–Trinajstić information content (AvgIpc) is 3.04. The van der Waals surface area contributed by atoms with E-state index in [4.69, 9.17) is 0 Å². The SMILES string of the molecule is CC(=O)N1CCc2cc(NS(=O)(=O)c3ccc(C)s3)ccc21. The fourth-order valence-electron chi connectivity index (χ4n) is 2.55. The number of rotatable bonds is 3. The van der Waals surface area contributed by atoms with Crippen LogP contribution in [0.25, 0.3) is 0 Å². The normalized spacial score (nSPS) is 14.0. The van der Waals surface area contributed by atoms with Crippen molar-refractivity contribution in [3.8, 4) is 0 Å². The molecule has 0 aliphatic carbocycles. The molecule has 22 heavy (non-hydrogen) atoms. The lowest BCUT2D eigenvalue weighted by atomic mass is 10.1. The molecule has 1 amide bonds. The number of hydrogen-bond donors (Lipinski definition) is 1. The van der Waals surface area contributed by atoms with Gasteiger partial charge >= 0.3 is 0 Å². The summed E-state index contributed by atoms with van der Waals surface area (Å²) in [5.74, 6) is 0.00106. The molecule has 0 radical (unpaired) electrons. The van der Waals surface area contributed by atoms with Crippen LogP contribution in [-0.4, -0.2) is 20.9 Å². The zero-order chi connectivity index (χ0) is 15.9. The van der Waals surface area contributed by atoms with Crippen molar-refractivity contribution < 1.29 is 13.2 Å². The number of aryl methyl sites for hydroxylation is 1. The second-order valence-electron chi connectivity index (χ2n) is 5.23. The van der Waals surface area contributed by atoms with E-state index in [1.807, 2.05) is 6.92 Å². The summed E-state index contributed by atoms with van der Waals surface area (Å²) >= 11 is 1.24. The Balaban J connectivity index is 1.87. The van der Waals surface area contributed by atoms with E-state index in [9.17, 15) is 13.2 Å². The Labute approximate surface area is 133 Å². The van der Waals surface area contributed by atoms with Gasteiger partial charge in [-0.05, 0) is 49.2 Å². The van der Waals surface area contributed by atoms with Gasteiger partial charge in [0, 0.05) is 29.7 Å². The summed E-state index contributed by atoms with van der Waals surface area (Å²) in [6, 6.07) is 8.68. The lowest BCUT2D eigenvalue weighted by molar-refractivity contribution is -0.116. The van der Waals surface area contributed by atoms with Crippen molar-refractivity contribution in [2.75, 3.05) is 16.2 Å². The summed E-state index contributed by atoms with van der Waals surface area (Å²) in [7, 11) is -3.55. The summed E-state index contributed by atoms with van der Waals surface area (Å²) in [6.45, 7) is 4.05. The van der Waals surface area contributed by atoms with Crippen molar-refractivity contribution in [2.24, 2.45) is 0 Å². The van der Waals surface area contributed by atoms with Gasteiger partial charge in [-0.2, -0.15) is 0 Å². The molecule has 0 bridgehead atoms. The maximum Gasteiger partial charge on any atom is 0.271 e. The third kappa shape index (κ3) is 2.74. The number of carbonyl (C=O) groups excluding carboxylic acids is 1. The van der Waals surface area contributed by atoms with Crippen molar-refractivity contribution in [1.29, 1.82) is 0 Å². The molecule has 0 spiro atoms.